The molecule has 4 nitrogen and oxygen atoms in total. The molecule has 1 atom stereocenters. The molecule has 0 aliphatic carbocycles. The molecule has 0 aromatic rings. The predicted octanol–water partition coefficient (Wildman–Crippen LogP) is -0.136. The summed E-state index contributed by atoms with van der Waals surface area (Å²) in [6, 6.07) is -0.280. The Labute approximate surface area is 59.1 Å². The van der Waals surface area contributed by atoms with Gasteiger partial charge >= 0.3 is 6.03 Å². The van der Waals surface area contributed by atoms with Crippen LogP contribution in [0.4, 0.5) is 4.79 Å². The van der Waals surface area contributed by atoms with E-state index in [1.54, 1.807) is 20.2 Å². The van der Waals surface area contributed by atoms with Gasteiger partial charge in [0, 0.05) is 13.2 Å². The van der Waals surface area contributed by atoms with Gasteiger partial charge in [0.2, 0.25) is 0 Å². The first-order chi connectivity index (χ1) is 4.61. The van der Waals surface area contributed by atoms with Crippen molar-refractivity contribution in [3.8, 4) is 0 Å². The van der Waals surface area contributed by atoms with Gasteiger partial charge in [-0.05, 0) is 12.5 Å². The van der Waals surface area contributed by atoms with Crippen LogP contribution >= 0.6 is 0 Å². The van der Waals surface area contributed by atoms with Crippen molar-refractivity contribution in [2.75, 3.05) is 7.05 Å². The molecule has 2 amide bonds. The van der Waals surface area contributed by atoms with Gasteiger partial charge in [-0.3, -0.25) is 0 Å². The number of carbonyl (C=O) groups is 1. The first kappa shape index (κ1) is 7.08. The highest BCUT2D eigenvalue weighted by Gasteiger charge is 2.18. The highest BCUT2D eigenvalue weighted by molar-refractivity contribution is 5.76. The van der Waals surface area contributed by atoms with Gasteiger partial charge in [0.1, 0.15) is 0 Å². The minimum Gasteiger partial charge on any atom is -0.370 e. The summed E-state index contributed by atoms with van der Waals surface area (Å²) in [5.41, 5.74) is 0.738. The molecule has 0 aromatic carbocycles. The van der Waals surface area contributed by atoms with Crippen molar-refractivity contribution in [3.05, 3.63) is 11.8 Å². The SMILES string of the molecule is CC1=CN(C)C(=O)NC1O. The van der Waals surface area contributed by atoms with Crippen LogP contribution in [-0.4, -0.2) is 29.3 Å². The standard InChI is InChI=1S/C6H10N2O2/c1-4-3-8(2)6(10)7-5(4)9/h3,5,9H,1-2H3,(H,7,10). The van der Waals surface area contributed by atoms with Gasteiger partial charge in [0.05, 0.1) is 0 Å². The Kier molecular flexibility index (Phi) is 1.63. The van der Waals surface area contributed by atoms with E-state index in [2.05, 4.69) is 5.32 Å². The highest BCUT2D eigenvalue weighted by atomic mass is 16.3. The number of hydrogen-bond acceptors (Lipinski definition) is 2. The van der Waals surface area contributed by atoms with Crippen molar-refractivity contribution in [2.45, 2.75) is 13.2 Å². The van der Waals surface area contributed by atoms with Crippen LogP contribution in [0.5, 0.6) is 0 Å². The van der Waals surface area contributed by atoms with E-state index in [1.165, 1.54) is 4.90 Å². The summed E-state index contributed by atoms with van der Waals surface area (Å²) in [7, 11) is 1.63. The van der Waals surface area contributed by atoms with Crippen molar-refractivity contribution < 1.29 is 9.90 Å². The number of urea groups is 1. The highest BCUT2D eigenvalue weighted by Crippen LogP contribution is 2.05. The van der Waals surface area contributed by atoms with Crippen molar-refractivity contribution in [2.24, 2.45) is 0 Å². The van der Waals surface area contributed by atoms with E-state index >= 15 is 0 Å². The lowest BCUT2D eigenvalue weighted by molar-refractivity contribution is 0.148. The quantitative estimate of drug-likeness (QED) is 0.494. The maximum absolute atomic E-state index is 10.8. The van der Waals surface area contributed by atoms with Crippen molar-refractivity contribution >= 4 is 6.03 Å². The molecular weight excluding hydrogens is 132 g/mol. The van der Waals surface area contributed by atoms with E-state index in [0.29, 0.717) is 0 Å². The Balaban J connectivity index is 2.79. The molecule has 1 aliphatic rings. The fourth-order valence-electron chi connectivity index (χ4n) is 0.767. The summed E-state index contributed by atoms with van der Waals surface area (Å²) in [6.07, 6.45) is 0.785. The molecule has 1 heterocycles. The molecule has 1 aliphatic heterocycles. The summed E-state index contributed by atoms with van der Waals surface area (Å²) in [6.45, 7) is 1.75. The molecule has 0 saturated carbocycles. The fourth-order valence-corrected chi connectivity index (χ4v) is 0.767. The van der Waals surface area contributed by atoms with Gasteiger partial charge in [-0.15, -0.1) is 0 Å². The van der Waals surface area contributed by atoms with E-state index in [1.807, 2.05) is 0 Å². The second-order valence-electron chi connectivity index (χ2n) is 2.34. The van der Waals surface area contributed by atoms with Gasteiger partial charge in [0.15, 0.2) is 6.23 Å². The topological polar surface area (TPSA) is 52.6 Å². The van der Waals surface area contributed by atoms with Crippen LogP contribution in [0.3, 0.4) is 0 Å². The number of amides is 2. The van der Waals surface area contributed by atoms with Crippen molar-refractivity contribution in [1.29, 1.82) is 0 Å². The minimum atomic E-state index is -0.816. The van der Waals surface area contributed by atoms with Crippen LogP contribution in [0.1, 0.15) is 6.92 Å². The zero-order chi connectivity index (χ0) is 7.72. The van der Waals surface area contributed by atoms with Gasteiger partial charge in [-0.1, -0.05) is 0 Å². The summed E-state index contributed by atoms with van der Waals surface area (Å²) in [4.78, 5) is 12.2. The van der Waals surface area contributed by atoms with Crippen LogP contribution < -0.4 is 5.32 Å². The molecule has 1 rings (SSSR count). The maximum atomic E-state index is 10.8. The molecule has 0 spiro atoms. The summed E-state index contributed by atoms with van der Waals surface area (Å²) < 4.78 is 0. The second-order valence-corrected chi connectivity index (χ2v) is 2.34. The Morgan fingerprint density at radius 2 is 2.40 bits per heavy atom. The number of hydrogen-bond donors (Lipinski definition) is 2. The molecular formula is C6H10N2O2. The first-order valence-corrected chi connectivity index (χ1v) is 3.01. The molecule has 10 heavy (non-hydrogen) atoms. The normalized spacial score (nSPS) is 25.9. The molecule has 2 N–H and O–H groups in total. The van der Waals surface area contributed by atoms with Crippen LogP contribution in [-0.2, 0) is 0 Å². The van der Waals surface area contributed by atoms with Gasteiger partial charge in [0.25, 0.3) is 0 Å². The summed E-state index contributed by atoms with van der Waals surface area (Å²) >= 11 is 0. The molecule has 1 unspecified atom stereocenters. The van der Waals surface area contributed by atoms with Gasteiger partial charge < -0.3 is 15.3 Å². The largest absolute Gasteiger partial charge is 0.370 e. The Bertz CT molecular complexity index is 188. The minimum absolute atomic E-state index is 0.280. The van der Waals surface area contributed by atoms with Gasteiger partial charge in [-0.2, -0.15) is 0 Å². The third-order valence-corrected chi connectivity index (χ3v) is 1.41. The van der Waals surface area contributed by atoms with E-state index in [-0.39, 0.29) is 6.03 Å². The lowest BCUT2D eigenvalue weighted by atomic mass is 10.2. The fraction of sp³-hybridized carbons (Fsp3) is 0.500. The second kappa shape index (κ2) is 2.30. The molecule has 4 heteroatoms. The Morgan fingerprint density at radius 1 is 1.80 bits per heavy atom. The zero-order valence-electron chi connectivity index (χ0n) is 5.96. The Morgan fingerprint density at radius 3 is 2.90 bits per heavy atom. The number of nitrogens with zero attached hydrogens (tertiary/aromatic N) is 1. The zero-order valence-corrected chi connectivity index (χ0v) is 5.96. The van der Waals surface area contributed by atoms with Gasteiger partial charge in [-0.25, -0.2) is 4.79 Å². The number of carbonyl (C=O) groups excluding carboxylic acids is 1. The van der Waals surface area contributed by atoms with Crippen molar-refractivity contribution in [3.63, 3.8) is 0 Å². The van der Waals surface area contributed by atoms with Crippen molar-refractivity contribution in [1.82, 2.24) is 10.2 Å². The molecule has 0 saturated heterocycles. The molecule has 0 aromatic heterocycles. The number of nitrogens with one attached hydrogen (secondary N) is 1. The van der Waals surface area contributed by atoms with Crippen LogP contribution in [0.2, 0.25) is 0 Å². The van der Waals surface area contributed by atoms with Crippen LogP contribution in [0, 0.1) is 0 Å². The third-order valence-electron chi connectivity index (χ3n) is 1.41. The third kappa shape index (κ3) is 1.11. The monoisotopic (exact) mass is 142 g/mol. The lowest BCUT2D eigenvalue weighted by Crippen LogP contribution is -2.45. The van der Waals surface area contributed by atoms with E-state index < -0.39 is 6.23 Å². The van der Waals surface area contributed by atoms with Crippen LogP contribution in [0.15, 0.2) is 11.8 Å². The molecule has 0 fully saturated rings. The number of aliphatic hydroxyl groups is 1. The van der Waals surface area contributed by atoms with Crippen LogP contribution in [0.25, 0.3) is 0 Å². The van der Waals surface area contributed by atoms with E-state index in [4.69, 9.17) is 5.11 Å². The predicted molar refractivity (Wildman–Crippen MR) is 36.1 cm³/mol. The Hall–Kier alpha value is -1.03. The number of rotatable bonds is 0. The average Bonchev–Trinajstić information content (AvgIpc) is 1.84. The number of aliphatic hydroxyl groups excluding tert-OH is 1. The lowest BCUT2D eigenvalue weighted by Gasteiger charge is -2.24. The molecule has 56 valence electrons. The van der Waals surface area contributed by atoms with E-state index in [9.17, 15) is 4.79 Å². The maximum Gasteiger partial charge on any atom is 0.323 e. The molecule has 0 radical (unpaired) electrons. The van der Waals surface area contributed by atoms with E-state index in [0.717, 1.165) is 5.57 Å². The summed E-state index contributed by atoms with van der Waals surface area (Å²) in [5.74, 6) is 0. The first-order valence-electron chi connectivity index (χ1n) is 3.01. The molecule has 0 bridgehead atoms. The smallest absolute Gasteiger partial charge is 0.323 e. The summed E-state index contributed by atoms with van der Waals surface area (Å²) in [5, 5.41) is 11.4. The average molecular weight is 142 g/mol.